The molecule has 0 radical (unpaired) electrons. The second-order valence-corrected chi connectivity index (χ2v) is 5.70. The molecule has 1 N–H and O–H groups in total. The van der Waals surface area contributed by atoms with Gasteiger partial charge in [-0.3, -0.25) is 4.79 Å². The maximum Gasteiger partial charge on any atom is 0.337 e. The Hall–Kier alpha value is -3.02. The van der Waals surface area contributed by atoms with Crippen molar-refractivity contribution < 1.29 is 23.8 Å². The van der Waals surface area contributed by atoms with E-state index in [4.69, 9.17) is 14.2 Å². The molecule has 2 rings (SSSR count). The number of nitrogens with one attached hydrogen (secondary N) is 1. The third-order valence-electron chi connectivity index (χ3n) is 3.90. The smallest absolute Gasteiger partial charge is 0.337 e. The van der Waals surface area contributed by atoms with Crippen LogP contribution in [0.1, 0.15) is 29.3 Å². The molecule has 0 saturated carbocycles. The lowest BCUT2D eigenvalue weighted by Gasteiger charge is -2.18. The van der Waals surface area contributed by atoms with E-state index in [9.17, 15) is 9.59 Å². The van der Waals surface area contributed by atoms with Gasteiger partial charge >= 0.3 is 5.97 Å². The molecule has 0 aromatic heterocycles. The topological polar surface area (TPSA) is 73.9 Å². The summed E-state index contributed by atoms with van der Waals surface area (Å²) in [7, 11) is 2.88. The van der Waals surface area contributed by atoms with Crippen molar-refractivity contribution in [2.24, 2.45) is 0 Å². The average Bonchev–Trinajstić information content (AvgIpc) is 2.67. The molecule has 138 valence electrons. The van der Waals surface area contributed by atoms with Crippen LogP contribution in [-0.4, -0.2) is 32.2 Å². The monoisotopic (exact) mass is 357 g/mol. The molecule has 0 heterocycles. The van der Waals surface area contributed by atoms with E-state index < -0.39 is 12.1 Å². The van der Waals surface area contributed by atoms with Crippen molar-refractivity contribution in [2.75, 3.05) is 19.5 Å². The quantitative estimate of drug-likeness (QED) is 0.767. The molecule has 0 aliphatic carbocycles. The Morgan fingerprint density at radius 1 is 1.08 bits per heavy atom. The van der Waals surface area contributed by atoms with Gasteiger partial charge < -0.3 is 19.5 Å². The first-order valence-corrected chi connectivity index (χ1v) is 8.29. The summed E-state index contributed by atoms with van der Waals surface area (Å²) in [5, 5.41) is 2.83. The van der Waals surface area contributed by atoms with Crippen LogP contribution in [0.15, 0.2) is 42.5 Å². The minimum atomic E-state index is -0.678. The number of amides is 1. The summed E-state index contributed by atoms with van der Waals surface area (Å²) >= 11 is 0. The lowest BCUT2D eigenvalue weighted by molar-refractivity contribution is -0.122. The standard InChI is InChI=1S/C20H23NO5/c1-5-18(26-16-8-6-7-15(12-16)24-3)19(22)21-17-11-14(20(23)25-4)10-9-13(17)2/h6-12,18H,5H2,1-4H3,(H,21,22)/t18-/m0/s1. The van der Waals surface area contributed by atoms with Crippen molar-refractivity contribution in [3.8, 4) is 11.5 Å². The molecule has 0 saturated heterocycles. The summed E-state index contributed by atoms with van der Waals surface area (Å²) in [5.41, 5.74) is 1.75. The van der Waals surface area contributed by atoms with Gasteiger partial charge in [-0.05, 0) is 43.2 Å². The molecule has 26 heavy (non-hydrogen) atoms. The average molecular weight is 357 g/mol. The fourth-order valence-electron chi connectivity index (χ4n) is 2.38. The Balaban J connectivity index is 2.15. The molecule has 2 aromatic carbocycles. The number of aryl methyl sites for hydroxylation is 1. The number of anilines is 1. The number of hydrogen-bond donors (Lipinski definition) is 1. The fourth-order valence-corrected chi connectivity index (χ4v) is 2.38. The van der Waals surface area contributed by atoms with Crippen molar-refractivity contribution in [3.63, 3.8) is 0 Å². The summed E-state index contributed by atoms with van der Waals surface area (Å²) in [4.78, 5) is 24.3. The number of hydrogen-bond acceptors (Lipinski definition) is 5. The number of esters is 1. The minimum Gasteiger partial charge on any atom is -0.497 e. The van der Waals surface area contributed by atoms with E-state index in [1.165, 1.54) is 7.11 Å². The first-order valence-electron chi connectivity index (χ1n) is 8.29. The highest BCUT2D eigenvalue weighted by atomic mass is 16.5. The van der Waals surface area contributed by atoms with Crippen molar-refractivity contribution in [3.05, 3.63) is 53.6 Å². The number of benzene rings is 2. The molecular weight excluding hydrogens is 334 g/mol. The molecule has 6 heteroatoms. The lowest BCUT2D eigenvalue weighted by atomic mass is 10.1. The van der Waals surface area contributed by atoms with Crippen LogP contribution in [0.4, 0.5) is 5.69 Å². The molecule has 0 aliphatic heterocycles. The molecule has 6 nitrogen and oxygen atoms in total. The first kappa shape index (κ1) is 19.3. The molecule has 0 unspecified atom stereocenters. The van der Waals surface area contributed by atoms with Crippen LogP contribution in [-0.2, 0) is 9.53 Å². The largest absolute Gasteiger partial charge is 0.497 e. The van der Waals surface area contributed by atoms with Crippen LogP contribution in [0.25, 0.3) is 0 Å². The van der Waals surface area contributed by atoms with E-state index in [1.54, 1.807) is 49.6 Å². The SMILES string of the molecule is CC[C@H](Oc1cccc(OC)c1)C(=O)Nc1cc(C(=O)OC)ccc1C. The highest BCUT2D eigenvalue weighted by molar-refractivity contribution is 5.97. The zero-order chi connectivity index (χ0) is 19.1. The number of ether oxygens (including phenoxy) is 3. The molecule has 1 atom stereocenters. The van der Waals surface area contributed by atoms with Gasteiger partial charge in [-0.2, -0.15) is 0 Å². The maximum atomic E-state index is 12.6. The zero-order valence-electron chi connectivity index (χ0n) is 15.4. The van der Waals surface area contributed by atoms with Gasteiger partial charge in [-0.1, -0.05) is 19.1 Å². The molecule has 1 amide bonds. The van der Waals surface area contributed by atoms with Crippen LogP contribution < -0.4 is 14.8 Å². The van der Waals surface area contributed by atoms with Gasteiger partial charge in [0.05, 0.1) is 19.8 Å². The highest BCUT2D eigenvalue weighted by Crippen LogP contribution is 2.22. The van der Waals surface area contributed by atoms with E-state index in [0.29, 0.717) is 29.2 Å². The summed E-state index contributed by atoms with van der Waals surface area (Å²) < 4.78 is 15.7. The third kappa shape index (κ3) is 4.75. The lowest BCUT2D eigenvalue weighted by Crippen LogP contribution is -2.32. The minimum absolute atomic E-state index is 0.291. The molecule has 0 fully saturated rings. The summed E-state index contributed by atoms with van der Waals surface area (Å²) in [5.74, 6) is 0.450. The highest BCUT2D eigenvalue weighted by Gasteiger charge is 2.20. The predicted octanol–water partition coefficient (Wildman–Crippen LogP) is 3.59. The van der Waals surface area contributed by atoms with E-state index >= 15 is 0 Å². The Morgan fingerprint density at radius 3 is 2.46 bits per heavy atom. The number of carbonyl (C=O) groups excluding carboxylic acids is 2. The summed E-state index contributed by atoms with van der Waals surface area (Å²) in [6.45, 7) is 3.71. The van der Waals surface area contributed by atoms with Crippen LogP contribution in [0.2, 0.25) is 0 Å². The van der Waals surface area contributed by atoms with Crippen molar-refractivity contribution in [1.29, 1.82) is 0 Å². The van der Waals surface area contributed by atoms with Gasteiger partial charge in [0.25, 0.3) is 5.91 Å². The second-order valence-electron chi connectivity index (χ2n) is 5.70. The van der Waals surface area contributed by atoms with Crippen LogP contribution in [0.3, 0.4) is 0 Å². The van der Waals surface area contributed by atoms with Crippen LogP contribution >= 0.6 is 0 Å². The number of rotatable bonds is 7. The van der Waals surface area contributed by atoms with E-state index in [2.05, 4.69) is 5.32 Å². The van der Waals surface area contributed by atoms with Crippen LogP contribution in [0, 0.1) is 6.92 Å². The zero-order valence-corrected chi connectivity index (χ0v) is 15.4. The van der Waals surface area contributed by atoms with Gasteiger partial charge in [0.15, 0.2) is 6.10 Å². The van der Waals surface area contributed by atoms with Gasteiger partial charge in [-0.15, -0.1) is 0 Å². The maximum absolute atomic E-state index is 12.6. The molecule has 0 spiro atoms. The number of methoxy groups -OCH3 is 2. The molecule has 0 aliphatic rings. The Bertz CT molecular complexity index is 788. The summed E-state index contributed by atoms with van der Waals surface area (Å²) in [6.07, 6.45) is -0.193. The fraction of sp³-hybridized carbons (Fsp3) is 0.300. The van der Waals surface area contributed by atoms with Gasteiger partial charge in [0, 0.05) is 11.8 Å². The second kappa shape index (κ2) is 8.89. The van der Waals surface area contributed by atoms with Crippen molar-refractivity contribution in [1.82, 2.24) is 0 Å². The Morgan fingerprint density at radius 2 is 1.81 bits per heavy atom. The summed E-state index contributed by atoms with van der Waals surface area (Å²) in [6, 6.07) is 12.1. The Kier molecular flexibility index (Phi) is 6.60. The number of carbonyl (C=O) groups is 2. The van der Waals surface area contributed by atoms with E-state index in [0.717, 1.165) is 5.56 Å². The first-order chi connectivity index (χ1) is 12.5. The van der Waals surface area contributed by atoms with Crippen LogP contribution in [0.5, 0.6) is 11.5 Å². The predicted molar refractivity (Wildman–Crippen MR) is 98.8 cm³/mol. The van der Waals surface area contributed by atoms with E-state index in [1.807, 2.05) is 13.8 Å². The Labute approximate surface area is 153 Å². The normalized spacial score (nSPS) is 11.4. The van der Waals surface area contributed by atoms with Gasteiger partial charge in [-0.25, -0.2) is 4.79 Å². The molecular formula is C20H23NO5. The van der Waals surface area contributed by atoms with Crippen molar-refractivity contribution in [2.45, 2.75) is 26.4 Å². The molecule has 0 bridgehead atoms. The third-order valence-corrected chi connectivity index (χ3v) is 3.90. The van der Waals surface area contributed by atoms with Gasteiger partial charge in [0.2, 0.25) is 0 Å². The van der Waals surface area contributed by atoms with Crippen molar-refractivity contribution >= 4 is 17.6 Å². The van der Waals surface area contributed by atoms with Gasteiger partial charge in [0.1, 0.15) is 11.5 Å². The van der Waals surface area contributed by atoms with E-state index in [-0.39, 0.29) is 5.91 Å². The molecule has 2 aromatic rings.